The Kier molecular flexibility index (Phi) is 3.80. The van der Waals surface area contributed by atoms with Gasteiger partial charge in [0, 0.05) is 19.4 Å². The van der Waals surface area contributed by atoms with Crippen LogP contribution in [-0.2, 0) is 4.74 Å². The Bertz CT molecular complexity index is 178. The van der Waals surface area contributed by atoms with Crippen LogP contribution in [0.2, 0.25) is 0 Å². The van der Waals surface area contributed by atoms with Crippen LogP contribution < -0.4 is 5.73 Å². The highest BCUT2D eigenvalue weighted by atomic mass is 19.3. The molecule has 0 aromatic heterocycles. The maximum Gasteiger partial charge on any atom is 0.248 e. The van der Waals surface area contributed by atoms with E-state index in [9.17, 15) is 8.78 Å². The van der Waals surface area contributed by atoms with Crippen molar-refractivity contribution >= 4 is 0 Å². The van der Waals surface area contributed by atoms with Gasteiger partial charge in [0.15, 0.2) is 0 Å². The van der Waals surface area contributed by atoms with Gasteiger partial charge in [-0.2, -0.15) is 0 Å². The molecule has 14 heavy (non-hydrogen) atoms. The van der Waals surface area contributed by atoms with Crippen molar-refractivity contribution in [2.75, 3.05) is 19.8 Å². The number of nitrogens with two attached hydrogens (primary N) is 1. The van der Waals surface area contributed by atoms with Gasteiger partial charge >= 0.3 is 0 Å². The Hall–Kier alpha value is -0.260. The SMILES string of the molecule is NCC1(OCCO)CCC(F)(F)CC1. The fourth-order valence-corrected chi connectivity index (χ4v) is 1.74. The second kappa shape index (κ2) is 4.51. The number of hydrogen-bond acceptors (Lipinski definition) is 3. The minimum Gasteiger partial charge on any atom is -0.394 e. The van der Waals surface area contributed by atoms with Crippen LogP contribution in [0.4, 0.5) is 8.78 Å². The number of aliphatic hydroxyl groups is 1. The molecular weight excluding hydrogens is 192 g/mol. The molecule has 1 saturated carbocycles. The Balaban J connectivity index is 2.48. The maximum absolute atomic E-state index is 12.9. The standard InChI is InChI=1S/C9H17F2NO2/c10-9(11)3-1-8(7-12,2-4-9)14-6-5-13/h13H,1-7,12H2. The number of alkyl halides is 2. The zero-order valence-corrected chi connectivity index (χ0v) is 8.14. The van der Waals surface area contributed by atoms with Gasteiger partial charge in [0.2, 0.25) is 5.92 Å². The summed E-state index contributed by atoms with van der Waals surface area (Å²) in [6, 6.07) is 0. The Morgan fingerprint density at radius 1 is 1.21 bits per heavy atom. The van der Waals surface area contributed by atoms with E-state index in [1.807, 2.05) is 0 Å². The Morgan fingerprint density at radius 3 is 2.21 bits per heavy atom. The van der Waals surface area contributed by atoms with Crippen molar-refractivity contribution in [2.45, 2.75) is 37.2 Å². The van der Waals surface area contributed by atoms with Crippen molar-refractivity contribution in [3.8, 4) is 0 Å². The molecule has 3 nitrogen and oxygen atoms in total. The predicted molar refractivity (Wildman–Crippen MR) is 48.2 cm³/mol. The van der Waals surface area contributed by atoms with Crippen LogP contribution in [-0.4, -0.2) is 36.4 Å². The van der Waals surface area contributed by atoms with E-state index in [4.69, 9.17) is 15.6 Å². The van der Waals surface area contributed by atoms with Gasteiger partial charge in [-0.05, 0) is 12.8 Å². The third kappa shape index (κ3) is 2.87. The summed E-state index contributed by atoms with van der Waals surface area (Å²) in [7, 11) is 0. The zero-order valence-electron chi connectivity index (χ0n) is 8.14. The fourth-order valence-electron chi connectivity index (χ4n) is 1.74. The summed E-state index contributed by atoms with van der Waals surface area (Å²) >= 11 is 0. The van der Waals surface area contributed by atoms with Crippen LogP contribution >= 0.6 is 0 Å². The van der Waals surface area contributed by atoms with E-state index in [0.717, 1.165) is 0 Å². The minimum atomic E-state index is -2.57. The number of aliphatic hydroxyl groups excluding tert-OH is 1. The smallest absolute Gasteiger partial charge is 0.248 e. The largest absolute Gasteiger partial charge is 0.394 e. The van der Waals surface area contributed by atoms with Crippen LogP contribution in [0, 0.1) is 0 Å². The summed E-state index contributed by atoms with van der Waals surface area (Å²) in [5.74, 6) is -2.57. The summed E-state index contributed by atoms with van der Waals surface area (Å²) in [6.07, 6.45) is 0.207. The molecule has 0 heterocycles. The van der Waals surface area contributed by atoms with Crippen LogP contribution in [0.3, 0.4) is 0 Å². The molecule has 0 aliphatic heterocycles. The normalized spacial score (nSPS) is 24.9. The number of hydrogen-bond donors (Lipinski definition) is 2. The van der Waals surface area contributed by atoms with E-state index in [-0.39, 0.29) is 45.4 Å². The maximum atomic E-state index is 12.9. The first kappa shape index (κ1) is 11.8. The molecular formula is C9H17F2NO2. The molecule has 0 radical (unpaired) electrons. The topological polar surface area (TPSA) is 55.5 Å². The minimum absolute atomic E-state index is 0.0991. The van der Waals surface area contributed by atoms with E-state index in [1.165, 1.54) is 0 Å². The molecule has 0 spiro atoms. The van der Waals surface area contributed by atoms with Crippen LogP contribution in [0.1, 0.15) is 25.7 Å². The summed E-state index contributed by atoms with van der Waals surface area (Å²) < 4.78 is 31.1. The third-order valence-corrected chi connectivity index (χ3v) is 2.76. The molecule has 84 valence electrons. The first-order valence-corrected chi connectivity index (χ1v) is 4.86. The molecule has 0 aromatic carbocycles. The van der Waals surface area contributed by atoms with Crippen molar-refractivity contribution in [2.24, 2.45) is 5.73 Å². The van der Waals surface area contributed by atoms with Gasteiger partial charge in [0.05, 0.1) is 18.8 Å². The van der Waals surface area contributed by atoms with Crippen LogP contribution in [0.15, 0.2) is 0 Å². The molecule has 0 unspecified atom stereocenters. The number of ether oxygens (including phenoxy) is 1. The Morgan fingerprint density at radius 2 is 1.79 bits per heavy atom. The highest BCUT2D eigenvalue weighted by Gasteiger charge is 2.43. The monoisotopic (exact) mass is 209 g/mol. The van der Waals surface area contributed by atoms with E-state index in [2.05, 4.69) is 0 Å². The molecule has 0 bridgehead atoms. The summed E-state index contributed by atoms with van der Waals surface area (Å²) in [5, 5.41) is 8.60. The fraction of sp³-hybridized carbons (Fsp3) is 1.00. The molecule has 0 amide bonds. The lowest BCUT2D eigenvalue weighted by Gasteiger charge is -2.39. The lowest BCUT2D eigenvalue weighted by atomic mass is 9.82. The summed E-state index contributed by atoms with van der Waals surface area (Å²) in [5.41, 5.74) is 4.88. The van der Waals surface area contributed by atoms with Crippen molar-refractivity contribution in [1.82, 2.24) is 0 Å². The molecule has 1 fully saturated rings. The summed E-state index contributed by atoms with van der Waals surface area (Å²) in [4.78, 5) is 0. The molecule has 0 atom stereocenters. The van der Waals surface area contributed by atoms with E-state index < -0.39 is 11.5 Å². The molecule has 1 rings (SSSR count). The second-order valence-corrected chi connectivity index (χ2v) is 3.82. The van der Waals surface area contributed by atoms with Crippen molar-refractivity contribution in [3.05, 3.63) is 0 Å². The van der Waals surface area contributed by atoms with Crippen LogP contribution in [0.5, 0.6) is 0 Å². The first-order chi connectivity index (χ1) is 6.54. The molecule has 5 heteroatoms. The molecule has 1 aliphatic rings. The lowest BCUT2D eigenvalue weighted by molar-refractivity contribution is -0.132. The van der Waals surface area contributed by atoms with Gasteiger partial charge in [0.25, 0.3) is 0 Å². The van der Waals surface area contributed by atoms with Gasteiger partial charge in [-0.3, -0.25) is 0 Å². The Labute approximate surface area is 82.2 Å². The van der Waals surface area contributed by atoms with E-state index in [0.29, 0.717) is 0 Å². The quantitative estimate of drug-likeness (QED) is 0.723. The van der Waals surface area contributed by atoms with E-state index >= 15 is 0 Å². The molecule has 3 N–H and O–H groups in total. The second-order valence-electron chi connectivity index (χ2n) is 3.82. The van der Waals surface area contributed by atoms with Crippen molar-refractivity contribution in [1.29, 1.82) is 0 Å². The molecule has 1 aliphatic carbocycles. The average Bonchev–Trinajstić information content (AvgIpc) is 2.18. The summed E-state index contributed by atoms with van der Waals surface area (Å²) in [6.45, 7) is 0.310. The van der Waals surface area contributed by atoms with Gasteiger partial charge in [0.1, 0.15) is 0 Å². The van der Waals surface area contributed by atoms with Gasteiger partial charge in [-0.15, -0.1) is 0 Å². The van der Waals surface area contributed by atoms with Gasteiger partial charge in [-0.25, -0.2) is 8.78 Å². The van der Waals surface area contributed by atoms with E-state index in [1.54, 1.807) is 0 Å². The highest BCUT2D eigenvalue weighted by molar-refractivity contribution is 4.91. The highest BCUT2D eigenvalue weighted by Crippen LogP contribution is 2.39. The zero-order chi connectivity index (χ0) is 10.7. The van der Waals surface area contributed by atoms with Crippen molar-refractivity contribution < 1.29 is 18.6 Å². The lowest BCUT2D eigenvalue weighted by Crippen LogP contribution is -2.47. The average molecular weight is 209 g/mol. The molecule has 0 saturated heterocycles. The molecule has 0 aromatic rings. The van der Waals surface area contributed by atoms with Gasteiger partial charge in [-0.1, -0.05) is 0 Å². The van der Waals surface area contributed by atoms with Gasteiger partial charge < -0.3 is 15.6 Å². The first-order valence-electron chi connectivity index (χ1n) is 4.86. The van der Waals surface area contributed by atoms with Crippen LogP contribution in [0.25, 0.3) is 0 Å². The number of halogens is 2. The third-order valence-electron chi connectivity index (χ3n) is 2.76. The van der Waals surface area contributed by atoms with Crippen molar-refractivity contribution in [3.63, 3.8) is 0 Å². The predicted octanol–water partition coefficient (Wildman–Crippen LogP) is 0.902. The number of rotatable bonds is 4.